The summed E-state index contributed by atoms with van der Waals surface area (Å²) in [5, 5.41) is 0. The first-order valence-corrected chi connectivity index (χ1v) is 5.59. The van der Waals surface area contributed by atoms with E-state index >= 15 is 0 Å². The number of aromatic nitrogens is 2. The lowest BCUT2D eigenvalue weighted by Crippen LogP contribution is -2.09. The molecular weight excluding hydrogens is 236 g/mol. The van der Waals surface area contributed by atoms with Crippen LogP contribution in [0.5, 0.6) is 0 Å². The molecule has 0 unspecified atom stereocenters. The van der Waals surface area contributed by atoms with Gasteiger partial charge in [-0.25, -0.2) is 0 Å². The van der Waals surface area contributed by atoms with Crippen molar-refractivity contribution in [1.82, 2.24) is 9.97 Å². The van der Waals surface area contributed by atoms with Gasteiger partial charge >= 0.3 is 0 Å². The molecule has 1 aromatic heterocycles. The summed E-state index contributed by atoms with van der Waals surface area (Å²) in [5.74, 6) is 0. The van der Waals surface area contributed by atoms with E-state index in [0.29, 0.717) is 23.7 Å². The number of hydrogen-bond donors (Lipinski definition) is 2. The summed E-state index contributed by atoms with van der Waals surface area (Å²) in [6, 6.07) is 11.3. The first-order chi connectivity index (χ1) is 8.24. The van der Waals surface area contributed by atoms with Crippen LogP contribution < -0.4 is 5.56 Å². The zero-order valence-corrected chi connectivity index (χ0v) is 9.92. The predicted molar refractivity (Wildman–Crippen MR) is 67.2 cm³/mol. The van der Waals surface area contributed by atoms with E-state index in [1.54, 1.807) is 0 Å². The summed E-state index contributed by atoms with van der Waals surface area (Å²) in [6.07, 6.45) is 0. The third-order valence-corrected chi connectivity index (χ3v) is 2.39. The van der Waals surface area contributed by atoms with Crippen LogP contribution in [-0.4, -0.2) is 9.97 Å². The Morgan fingerprint density at radius 3 is 2.59 bits per heavy atom. The van der Waals surface area contributed by atoms with Gasteiger partial charge in [0, 0.05) is 11.8 Å². The summed E-state index contributed by atoms with van der Waals surface area (Å²) in [6.45, 7) is 0.844. The zero-order chi connectivity index (χ0) is 12.1. The molecule has 0 bridgehead atoms. The Kier molecular flexibility index (Phi) is 3.85. The Hall–Kier alpha value is -1.72. The molecule has 88 valence electrons. The second-order valence-corrected chi connectivity index (χ2v) is 4.00. The van der Waals surface area contributed by atoms with Gasteiger partial charge in [-0.2, -0.15) is 0 Å². The van der Waals surface area contributed by atoms with Crippen molar-refractivity contribution in [2.75, 3.05) is 0 Å². The standard InChI is InChI=1S/C12H12N2O2S/c15-11-6-10(13-12(17)14-11)8-16-7-9-4-2-1-3-5-9/h1-6H,7-8H2,(H2,13,14,15,17). The molecule has 0 saturated heterocycles. The number of H-pyrrole nitrogens is 2. The van der Waals surface area contributed by atoms with Crippen molar-refractivity contribution in [3.63, 3.8) is 0 Å². The topological polar surface area (TPSA) is 57.9 Å². The number of nitrogens with one attached hydrogen (secondary N) is 2. The number of hydrogen-bond acceptors (Lipinski definition) is 3. The van der Waals surface area contributed by atoms with Crippen LogP contribution in [0.4, 0.5) is 0 Å². The minimum atomic E-state index is -0.216. The van der Waals surface area contributed by atoms with Gasteiger partial charge in [0.1, 0.15) is 0 Å². The minimum Gasteiger partial charge on any atom is -0.371 e. The Bertz CT molecular complexity index is 561. The molecule has 1 heterocycles. The number of rotatable bonds is 4. The van der Waals surface area contributed by atoms with Gasteiger partial charge in [0.2, 0.25) is 0 Å². The van der Waals surface area contributed by atoms with E-state index in [1.807, 2.05) is 30.3 Å². The number of aromatic amines is 2. The monoisotopic (exact) mass is 248 g/mol. The fourth-order valence-electron chi connectivity index (χ4n) is 1.45. The second kappa shape index (κ2) is 5.56. The van der Waals surface area contributed by atoms with Gasteiger partial charge in [0.05, 0.1) is 13.2 Å². The molecule has 2 aromatic rings. The van der Waals surface area contributed by atoms with Crippen molar-refractivity contribution >= 4 is 12.2 Å². The molecule has 0 saturated carbocycles. The Morgan fingerprint density at radius 1 is 1.12 bits per heavy atom. The van der Waals surface area contributed by atoms with Gasteiger partial charge in [-0.05, 0) is 17.8 Å². The van der Waals surface area contributed by atoms with Crippen LogP contribution in [0.1, 0.15) is 11.3 Å². The fraction of sp³-hybridized carbons (Fsp3) is 0.167. The van der Waals surface area contributed by atoms with E-state index in [2.05, 4.69) is 9.97 Å². The predicted octanol–water partition coefficient (Wildman–Crippen LogP) is 2.15. The van der Waals surface area contributed by atoms with Crippen molar-refractivity contribution < 1.29 is 4.74 Å². The van der Waals surface area contributed by atoms with E-state index < -0.39 is 0 Å². The highest BCUT2D eigenvalue weighted by Crippen LogP contribution is 2.02. The molecule has 0 aliphatic heterocycles. The van der Waals surface area contributed by atoms with Crippen molar-refractivity contribution in [3.05, 3.63) is 62.8 Å². The highest BCUT2D eigenvalue weighted by molar-refractivity contribution is 7.71. The van der Waals surface area contributed by atoms with Gasteiger partial charge < -0.3 is 9.72 Å². The van der Waals surface area contributed by atoms with Crippen LogP contribution >= 0.6 is 12.2 Å². The molecule has 2 N–H and O–H groups in total. The Labute approximate surface area is 103 Å². The molecule has 0 amide bonds. The maximum atomic E-state index is 11.1. The molecule has 2 rings (SSSR count). The molecule has 0 aliphatic rings. The molecule has 0 atom stereocenters. The first-order valence-electron chi connectivity index (χ1n) is 5.18. The molecule has 0 fully saturated rings. The fourth-order valence-corrected chi connectivity index (χ4v) is 1.68. The van der Waals surface area contributed by atoms with Crippen LogP contribution in [0.2, 0.25) is 0 Å². The van der Waals surface area contributed by atoms with Crippen molar-refractivity contribution in [2.45, 2.75) is 13.2 Å². The lowest BCUT2D eigenvalue weighted by molar-refractivity contribution is 0.104. The minimum absolute atomic E-state index is 0.216. The average Bonchev–Trinajstić information content (AvgIpc) is 2.29. The van der Waals surface area contributed by atoms with Gasteiger partial charge in [0.15, 0.2) is 4.77 Å². The molecule has 17 heavy (non-hydrogen) atoms. The number of benzene rings is 1. The highest BCUT2D eigenvalue weighted by Gasteiger charge is 1.96. The van der Waals surface area contributed by atoms with Crippen LogP contribution in [-0.2, 0) is 18.0 Å². The third-order valence-electron chi connectivity index (χ3n) is 2.19. The average molecular weight is 248 g/mol. The van der Waals surface area contributed by atoms with Gasteiger partial charge in [-0.1, -0.05) is 30.3 Å². The molecule has 0 spiro atoms. The summed E-state index contributed by atoms with van der Waals surface area (Å²) >= 11 is 4.86. The van der Waals surface area contributed by atoms with Gasteiger partial charge in [-0.15, -0.1) is 0 Å². The van der Waals surface area contributed by atoms with Crippen molar-refractivity contribution in [2.24, 2.45) is 0 Å². The molecule has 5 heteroatoms. The lowest BCUT2D eigenvalue weighted by Gasteiger charge is -2.04. The third kappa shape index (κ3) is 3.65. The van der Waals surface area contributed by atoms with Crippen molar-refractivity contribution in [3.8, 4) is 0 Å². The van der Waals surface area contributed by atoms with Crippen molar-refractivity contribution in [1.29, 1.82) is 0 Å². The lowest BCUT2D eigenvalue weighted by atomic mass is 10.2. The van der Waals surface area contributed by atoms with Gasteiger partial charge in [-0.3, -0.25) is 9.78 Å². The zero-order valence-electron chi connectivity index (χ0n) is 9.10. The Morgan fingerprint density at radius 2 is 1.88 bits per heavy atom. The normalized spacial score (nSPS) is 10.4. The first kappa shape index (κ1) is 11.8. The molecule has 0 aliphatic carbocycles. The molecule has 4 nitrogen and oxygen atoms in total. The second-order valence-electron chi connectivity index (χ2n) is 3.59. The highest BCUT2D eigenvalue weighted by atomic mass is 32.1. The van der Waals surface area contributed by atoms with E-state index in [-0.39, 0.29) is 5.56 Å². The smallest absolute Gasteiger partial charge is 0.251 e. The SMILES string of the molecule is O=c1cc(COCc2ccccc2)[nH]c(=S)[nH]1. The van der Waals surface area contributed by atoms with E-state index in [1.165, 1.54) is 6.07 Å². The Balaban J connectivity index is 1.94. The van der Waals surface area contributed by atoms with E-state index in [4.69, 9.17) is 17.0 Å². The summed E-state index contributed by atoms with van der Waals surface area (Å²) in [5.41, 5.74) is 1.55. The van der Waals surface area contributed by atoms with Crippen LogP contribution in [0.3, 0.4) is 0 Å². The summed E-state index contributed by atoms with van der Waals surface area (Å²) < 4.78 is 5.80. The van der Waals surface area contributed by atoms with Gasteiger partial charge in [0.25, 0.3) is 5.56 Å². The van der Waals surface area contributed by atoms with E-state index in [9.17, 15) is 4.79 Å². The maximum Gasteiger partial charge on any atom is 0.251 e. The quantitative estimate of drug-likeness (QED) is 0.815. The van der Waals surface area contributed by atoms with Crippen LogP contribution in [0.25, 0.3) is 0 Å². The largest absolute Gasteiger partial charge is 0.371 e. The summed E-state index contributed by atoms with van der Waals surface area (Å²) in [4.78, 5) is 16.5. The van der Waals surface area contributed by atoms with Crippen LogP contribution in [0, 0.1) is 4.77 Å². The summed E-state index contributed by atoms with van der Waals surface area (Å²) in [7, 11) is 0. The molecule has 1 aromatic carbocycles. The molecular formula is C12H12N2O2S. The maximum absolute atomic E-state index is 11.1. The molecule has 0 radical (unpaired) electrons. The van der Waals surface area contributed by atoms with E-state index in [0.717, 1.165) is 5.56 Å². The number of ether oxygens (including phenoxy) is 1. The van der Waals surface area contributed by atoms with Crippen LogP contribution in [0.15, 0.2) is 41.2 Å².